The molecule has 2 aromatic heterocycles. The summed E-state index contributed by atoms with van der Waals surface area (Å²) in [6.07, 6.45) is 3.13. The second kappa shape index (κ2) is 6.27. The summed E-state index contributed by atoms with van der Waals surface area (Å²) in [5.74, 6) is 0.471. The summed E-state index contributed by atoms with van der Waals surface area (Å²) in [4.78, 5) is 4.44. The third-order valence-corrected chi connectivity index (χ3v) is 5.62. The molecule has 0 N–H and O–H groups in total. The number of hydrogen-bond acceptors (Lipinski definition) is 5. The lowest BCUT2D eigenvalue weighted by Gasteiger charge is -2.06. The van der Waals surface area contributed by atoms with E-state index in [-0.39, 0.29) is 4.90 Å². The Morgan fingerprint density at radius 2 is 1.85 bits per heavy atom. The van der Waals surface area contributed by atoms with Crippen LogP contribution in [0.3, 0.4) is 0 Å². The van der Waals surface area contributed by atoms with Crippen molar-refractivity contribution >= 4 is 20.9 Å². The normalized spacial score (nSPS) is 11.6. The van der Waals surface area contributed by atoms with Gasteiger partial charge in [0.15, 0.2) is 0 Å². The summed E-state index contributed by atoms with van der Waals surface area (Å²) in [5, 5.41) is 5.21. The van der Waals surface area contributed by atoms with Crippen LogP contribution >= 0.6 is 0 Å². The number of fused-ring (bicyclic) bond motifs is 1. The zero-order chi connectivity index (χ0) is 18.1. The smallest absolute Gasteiger partial charge is 0.283 e. The highest BCUT2D eigenvalue weighted by Crippen LogP contribution is 2.27. The zero-order valence-corrected chi connectivity index (χ0v) is 14.7. The van der Waals surface area contributed by atoms with Crippen molar-refractivity contribution in [2.75, 3.05) is 7.11 Å². The van der Waals surface area contributed by atoms with E-state index in [2.05, 4.69) is 10.1 Å². The number of para-hydroxylation sites is 1. The molecule has 0 fully saturated rings. The minimum absolute atomic E-state index is 0.117. The number of hydrogen-bond donors (Lipinski definition) is 0. The fraction of sp³-hybridized carbons (Fsp3) is 0.0526. The minimum Gasteiger partial charge on any atom is -0.497 e. The lowest BCUT2D eigenvalue weighted by atomic mass is 10.1. The van der Waals surface area contributed by atoms with Crippen LogP contribution in [0.2, 0.25) is 0 Å². The van der Waals surface area contributed by atoms with Crippen molar-refractivity contribution in [3.05, 3.63) is 73.1 Å². The molecule has 6 nitrogen and oxygen atoms in total. The summed E-state index contributed by atoms with van der Waals surface area (Å²) >= 11 is 0. The molecule has 4 aromatic rings. The molecule has 0 saturated carbocycles. The predicted octanol–water partition coefficient (Wildman–Crippen LogP) is 3.34. The average Bonchev–Trinajstić information content (AvgIpc) is 3.18. The molecule has 0 spiro atoms. The van der Waals surface area contributed by atoms with Crippen LogP contribution in [0.1, 0.15) is 0 Å². The second-order valence-electron chi connectivity index (χ2n) is 5.63. The molecule has 0 bridgehead atoms. The van der Waals surface area contributed by atoms with Crippen molar-refractivity contribution in [3.63, 3.8) is 0 Å². The van der Waals surface area contributed by atoms with Gasteiger partial charge in [-0.2, -0.15) is 17.6 Å². The van der Waals surface area contributed by atoms with Crippen molar-refractivity contribution in [2.45, 2.75) is 4.90 Å². The van der Waals surface area contributed by atoms with Gasteiger partial charge in [0.05, 0.1) is 23.2 Å². The van der Waals surface area contributed by atoms with Gasteiger partial charge in [-0.3, -0.25) is 4.98 Å². The number of methoxy groups -OCH3 is 1. The SMILES string of the molecule is COc1cccc(S(=O)(=O)n2ccc(-c3ccnc4ccccc34)n2)c1. The van der Waals surface area contributed by atoms with Gasteiger partial charge in [-0.25, -0.2) is 0 Å². The van der Waals surface area contributed by atoms with Gasteiger partial charge in [0.2, 0.25) is 0 Å². The molecular weight excluding hydrogens is 350 g/mol. The summed E-state index contributed by atoms with van der Waals surface area (Å²) in [6.45, 7) is 0. The van der Waals surface area contributed by atoms with Crippen molar-refractivity contribution in [1.82, 2.24) is 14.2 Å². The van der Waals surface area contributed by atoms with Gasteiger partial charge in [0, 0.05) is 29.4 Å². The molecule has 2 aromatic carbocycles. The van der Waals surface area contributed by atoms with Crippen LogP contribution in [0.25, 0.3) is 22.2 Å². The monoisotopic (exact) mass is 365 g/mol. The number of rotatable bonds is 4. The van der Waals surface area contributed by atoms with Crippen molar-refractivity contribution in [3.8, 4) is 17.0 Å². The van der Waals surface area contributed by atoms with Crippen LogP contribution in [-0.4, -0.2) is 29.7 Å². The van der Waals surface area contributed by atoms with Crippen LogP contribution < -0.4 is 4.74 Å². The number of benzene rings is 2. The first kappa shape index (κ1) is 16.3. The van der Waals surface area contributed by atoms with Crippen LogP contribution in [0.5, 0.6) is 5.75 Å². The highest BCUT2D eigenvalue weighted by atomic mass is 32.2. The molecule has 130 valence electrons. The van der Waals surface area contributed by atoms with Gasteiger partial charge in [0.25, 0.3) is 10.0 Å². The summed E-state index contributed by atoms with van der Waals surface area (Å²) in [5.41, 5.74) is 2.22. The van der Waals surface area contributed by atoms with E-state index in [0.717, 1.165) is 20.6 Å². The molecular formula is C19H15N3O3S. The number of aromatic nitrogens is 3. The maximum Gasteiger partial charge on any atom is 0.283 e. The van der Waals surface area contributed by atoms with E-state index < -0.39 is 10.0 Å². The third kappa shape index (κ3) is 2.72. The van der Waals surface area contributed by atoms with E-state index >= 15 is 0 Å². The van der Waals surface area contributed by atoms with Crippen molar-refractivity contribution in [1.29, 1.82) is 0 Å². The van der Waals surface area contributed by atoms with Crippen molar-refractivity contribution < 1.29 is 13.2 Å². The fourth-order valence-electron chi connectivity index (χ4n) is 2.77. The molecule has 4 rings (SSSR count). The number of nitrogens with zero attached hydrogens (tertiary/aromatic N) is 3. The molecule has 7 heteroatoms. The minimum atomic E-state index is -3.80. The quantitative estimate of drug-likeness (QED) is 0.554. The molecule has 0 aliphatic rings. The van der Waals surface area contributed by atoms with Gasteiger partial charge in [-0.15, -0.1) is 0 Å². The van der Waals surface area contributed by atoms with Crippen LogP contribution in [0.15, 0.2) is 78.0 Å². The maximum absolute atomic E-state index is 12.8. The molecule has 26 heavy (non-hydrogen) atoms. The first-order chi connectivity index (χ1) is 12.6. The summed E-state index contributed by atoms with van der Waals surface area (Å²) < 4.78 is 31.8. The molecule has 2 heterocycles. The standard InChI is InChI=1S/C19H15N3O3S/c1-25-14-5-4-6-15(13-14)26(23,24)22-12-10-19(21-22)17-9-11-20-18-8-3-2-7-16(17)18/h2-13H,1H3. The second-order valence-corrected chi connectivity index (χ2v) is 7.43. The largest absolute Gasteiger partial charge is 0.497 e. The topological polar surface area (TPSA) is 74.1 Å². The molecule has 0 radical (unpaired) electrons. The van der Waals surface area contributed by atoms with E-state index in [1.165, 1.54) is 25.4 Å². The van der Waals surface area contributed by atoms with Gasteiger partial charge < -0.3 is 4.74 Å². The first-order valence-corrected chi connectivity index (χ1v) is 9.33. The van der Waals surface area contributed by atoms with E-state index in [1.54, 1.807) is 24.4 Å². The van der Waals surface area contributed by atoms with Crippen LogP contribution in [0, 0.1) is 0 Å². The highest BCUT2D eigenvalue weighted by molar-refractivity contribution is 7.89. The predicted molar refractivity (Wildman–Crippen MR) is 98.5 cm³/mol. The summed E-state index contributed by atoms with van der Waals surface area (Å²) in [7, 11) is -2.31. The Bertz CT molecular complexity index is 1190. The Balaban J connectivity index is 1.80. The lowest BCUT2D eigenvalue weighted by Crippen LogP contribution is -2.13. The van der Waals surface area contributed by atoms with E-state index in [9.17, 15) is 8.42 Å². The first-order valence-electron chi connectivity index (χ1n) is 7.89. The Labute approximate surface area is 150 Å². The maximum atomic E-state index is 12.8. The Morgan fingerprint density at radius 3 is 2.69 bits per heavy atom. The number of ether oxygens (including phenoxy) is 1. The van der Waals surface area contributed by atoms with Crippen molar-refractivity contribution in [2.24, 2.45) is 0 Å². The Morgan fingerprint density at radius 1 is 1.00 bits per heavy atom. The lowest BCUT2D eigenvalue weighted by molar-refractivity contribution is 0.413. The van der Waals surface area contributed by atoms with Gasteiger partial charge in [-0.05, 0) is 30.3 Å². The Hall–Kier alpha value is -3.19. The third-order valence-electron chi connectivity index (χ3n) is 4.08. The zero-order valence-electron chi connectivity index (χ0n) is 13.9. The highest BCUT2D eigenvalue weighted by Gasteiger charge is 2.19. The molecule has 0 saturated heterocycles. The molecule has 0 unspecified atom stereocenters. The molecule has 0 aliphatic carbocycles. The van der Waals surface area contributed by atoms with E-state index in [1.807, 2.05) is 30.3 Å². The number of pyridine rings is 1. The molecule has 0 aliphatic heterocycles. The van der Waals surface area contributed by atoms with Gasteiger partial charge >= 0.3 is 0 Å². The van der Waals surface area contributed by atoms with Crippen LogP contribution in [0.4, 0.5) is 0 Å². The Kier molecular flexibility index (Phi) is 3.93. The van der Waals surface area contributed by atoms with Gasteiger partial charge in [0.1, 0.15) is 5.75 Å². The van der Waals surface area contributed by atoms with Gasteiger partial charge in [-0.1, -0.05) is 24.3 Å². The average molecular weight is 365 g/mol. The van der Waals surface area contributed by atoms with Crippen LogP contribution in [-0.2, 0) is 10.0 Å². The summed E-state index contributed by atoms with van der Waals surface area (Å²) in [6, 6.07) is 17.5. The molecule has 0 atom stereocenters. The fourth-order valence-corrected chi connectivity index (χ4v) is 3.92. The van der Waals surface area contributed by atoms with E-state index in [0.29, 0.717) is 11.4 Å². The van der Waals surface area contributed by atoms with E-state index in [4.69, 9.17) is 4.74 Å². The molecule has 0 amide bonds.